The maximum atomic E-state index is 11.0. The van der Waals surface area contributed by atoms with E-state index in [2.05, 4.69) is 10.3 Å². The van der Waals surface area contributed by atoms with Gasteiger partial charge >= 0.3 is 11.8 Å². The number of nitrogens with zero attached hydrogens (tertiary/aromatic N) is 3. The fourth-order valence-corrected chi connectivity index (χ4v) is 2.56. The number of hydrogen-bond acceptors (Lipinski definition) is 5. The van der Waals surface area contributed by atoms with Crippen molar-refractivity contribution in [3.63, 3.8) is 0 Å². The van der Waals surface area contributed by atoms with Crippen LogP contribution in [0.1, 0.15) is 31.5 Å². The van der Waals surface area contributed by atoms with E-state index in [1.807, 2.05) is 0 Å². The molecule has 1 aliphatic carbocycles. The topological polar surface area (TPSA) is 110 Å². The molecule has 1 saturated carbocycles. The number of aromatic nitrogens is 2. The molecule has 2 rings (SSSR count). The van der Waals surface area contributed by atoms with Crippen molar-refractivity contribution in [3.05, 3.63) is 15.9 Å². The summed E-state index contributed by atoms with van der Waals surface area (Å²) in [7, 11) is 1.72. The van der Waals surface area contributed by atoms with Crippen LogP contribution in [0.25, 0.3) is 0 Å². The highest BCUT2D eigenvalue weighted by molar-refractivity contribution is 5.70. The molecule has 2 N–H and O–H groups in total. The Bertz CT molecular complexity index is 532. The van der Waals surface area contributed by atoms with Crippen LogP contribution in [0.2, 0.25) is 0 Å². The third kappa shape index (κ3) is 2.73. The summed E-state index contributed by atoms with van der Waals surface area (Å²) < 4.78 is 1.65. The molecule has 0 radical (unpaired) electrons. The Labute approximate surface area is 116 Å². The van der Waals surface area contributed by atoms with Gasteiger partial charge in [-0.2, -0.15) is 0 Å². The number of nitro groups is 1. The minimum Gasteiger partial charge on any atom is -0.481 e. The first-order valence-corrected chi connectivity index (χ1v) is 6.57. The van der Waals surface area contributed by atoms with E-state index in [9.17, 15) is 14.9 Å². The summed E-state index contributed by atoms with van der Waals surface area (Å²) in [5, 5.41) is 23.1. The largest absolute Gasteiger partial charge is 0.481 e. The minimum atomic E-state index is -0.759. The van der Waals surface area contributed by atoms with Crippen LogP contribution in [0, 0.1) is 23.0 Å². The van der Waals surface area contributed by atoms with Crippen LogP contribution >= 0.6 is 0 Å². The van der Waals surface area contributed by atoms with E-state index in [-0.39, 0.29) is 17.8 Å². The fraction of sp³-hybridized carbons (Fsp3) is 0.667. The molecule has 1 aliphatic rings. The molecule has 20 heavy (non-hydrogen) atoms. The number of nitrogens with one attached hydrogen (secondary N) is 1. The molecule has 8 heteroatoms. The van der Waals surface area contributed by atoms with Gasteiger partial charge in [0.05, 0.1) is 5.92 Å². The van der Waals surface area contributed by atoms with Crippen molar-refractivity contribution < 1.29 is 14.8 Å². The van der Waals surface area contributed by atoms with E-state index in [1.165, 1.54) is 0 Å². The quantitative estimate of drug-likeness (QED) is 0.642. The van der Waals surface area contributed by atoms with Gasteiger partial charge in [-0.3, -0.25) is 9.36 Å². The second-order valence-electron chi connectivity index (χ2n) is 5.18. The third-order valence-corrected chi connectivity index (χ3v) is 3.89. The number of aryl methyl sites for hydroxylation is 1. The molecule has 0 aliphatic heterocycles. The van der Waals surface area contributed by atoms with Gasteiger partial charge in [-0.25, -0.2) is 0 Å². The molecule has 0 amide bonds. The summed E-state index contributed by atoms with van der Waals surface area (Å²) in [5.74, 6) is -0.267. The Morgan fingerprint density at radius 3 is 2.55 bits per heavy atom. The van der Waals surface area contributed by atoms with Crippen LogP contribution in [0.15, 0.2) is 0 Å². The molecule has 110 valence electrons. The van der Waals surface area contributed by atoms with Crippen molar-refractivity contribution in [2.24, 2.45) is 13.0 Å². The van der Waals surface area contributed by atoms with Crippen molar-refractivity contribution in [2.75, 3.05) is 5.32 Å². The number of hydrogen-bond donors (Lipinski definition) is 2. The van der Waals surface area contributed by atoms with Crippen LogP contribution in [-0.2, 0) is 11.8 Å². The first kappa shape index (κ1) is 14.3. The SMILES string of the molecule is Cc1nc([N+](=O)[O-])c(NC2CCC(C(=O)O)CC2)n1C. The molecule has 1 aromatic heterocycles. The molecular weight excluding hydrogens is 264 g/mol. The summed E-state index contributed by atoms with van der Waals surface area (Å²) in [6.45, 7) is 1.71. The van der Waals surface area contributed by atoms with Gasteiger partial charge in [0.25, 0.3) is 0 Å². The number of anilines is 1. The molecule has 1 heterocycles. The van der Waals surface area contributed by atoms with Gasteiger partial charge in [-0.15, -0.1) is 0 Å². The normalized spacial score (nSPS) is 22.5. The van der Waals surface area contributed by atoms with Gasteiger partial charge in [0, 0.05) is 20.0 Å². The summed E-state index contributed by atoms with van der Waals surface area (Å²) in [6.07, 6.45) is 2.58. The number of carbonyl (C=O) groups is 1. The number of carboxylic acid groups (broad SMARTS) is 1. The van der Waals surface area contributed by atoms with Crippen LogP contribution in [-0.4, -0.2) is 31.6 Å². The highest BCUT2D eigenvalue weighted by Crippen LogP contribution is 2.30. The van der Waals surface area contributed by atoms with Gasteiger partial charge in [0.1, 0.15) is 0 Å². The lowest BCUT2D eigenvalue weighted by molar-refractivity contribution is -0.388. The lowest BCUT2D eigenvalue weighted by Gasteiger charge is -2.27. The molecule has 0 saturated heterocycles. The van der Waals surface area contributed by atoms with Crippen LogP contribution < -0.4 is 5.32 Å². The van der Waals surface area contributed by atoms with Crippen molar-refractivity contribution in [1.82, 2.24) is 9.55 Å². The summed E-state index contributed by atoms with van der Waals surface area (Å²) in [4.78, 5) is 25.3. The Balaban J connectivity index is 2.08. The lowest BCUT2D eigenvalue weighted by atomic mass is 9.86. The molecule has 0 bridgehead atoms. The smallest absolute Gasteiger partial charge is 0.406 e. The maximum absolute atomic E-state index is 11.0. The summed E-state index contributed by atoms with van der Waals surface area (Å²) in [5.41, 5.74) is 0. The zero-order valence-corrected chi connectivity index (χ0v) is 11.5. The predicted octanol–water partition coefficient (Wildman–Crippen LogP) is 1.69. The average molecular weight is 282 g/mol. The van der Waals surface area contributed by atoms with Crippen molar-refractivity contribution in [3.8, 4) is 0 Å². The molecule has 8 nitrogen and oxygen atoms in total. The van der Waals surface area contributed by atoms with E-state index >= 15 is 0 Å². The molecule has 0 unspecified atom stereocenters. The van der Waals surface area contributed by atoms with Crippen molar-refractivity contribution in [1.29, 1.82) is 0 Å². The first-order valence-electron chi connectivity index (χ1n) is 6.57. The summed E-state index contributed by atoms with van der Waals surface area (Å²) >= 11 is 0. The first-order chi connectivity index (χ1) is 9.40. The Morgan fingerprint density at radius 2 is 2.05 bits per heavy atom. The van der Waals surface area contributed by atoms with Gasteiger partial charge in [0.2, 0.25) is 11.6 Å². The fourth-order valence-electron chi connectivity index (χ4n) is 2.56. The molecule has 1 fully saturated rings. The molecule has 1 aromatic rings. The van der Waals surface area contributed by atoms with Gasteiger partial charge in [0.15, 0.2) is 0 Å². The minimum absolute atomic E-state index is 0.0547. The van der Waals surface area contributed by atoms with Crippen molar-refractivity contribution >= 4 is 17.6 Å². The van der Waals surface area contributed by atoms with E-state index < -0.39 is 10.9 Å². The van der Waals surface area contributed by atoms with Crippen LogP contribution in [0.3, 0.4) is 0 Å². The summed E-state index contributed by atoms with van der Waals surface area (Å²) in [6, 6.07) is 0.0547. The van der Waals surface area contributed by atoms with Gasteiger partial charge < -0.3 is 20.5 Å². The van der Waals surface area contributed by atoms with Crippen LogP contribution in [0.4, 0.5) is 11.6 Å². The van der Waals surface area contributed by atoms with E-state index in [4.69, 9.17) is 5.11 Å². The van der Waals surface area contributed by atoms with Gasteiger partial charge in [-0.1, -0.05) is 0 Å². The second kappa shape index (κ2) is 5.48. The maximum Gasteiger partial charge on any atom is 0.406 e. The van der Waals surface area contributed by atoms with E-state index in [0.717, 1.165) is 0 Å². The zero-order valence-electron chi connectivity index (χ0n) is 11.5. The Hall–Kier alpha value is -2.12. The number of imidazole rings is 1. The number of aliphatic carboxylic acids is 1. The highest BCUT2D eigenvalue weighted by Gasteiger charge is 2.29. The number of rotatable bonds is 4. The van der Waals surface area contributed by atoms with Crippen molar-refractivity contribution in [2.45, 2.75) is 38.6 Å². The Morgan fingerprint density at radius 1 is 1.45 bits per heavy atom. The number of carboxylic acids is 1. The predicted molar refractivity (Wildman–Crippen MR) is 71.6 cm³/mol. The Kier molecular flexibility index (Phi) is 3.91. The molecule has 0 atom stereocenters. The molecule has 0 spiro atoms. The molecular formula is C12H18N4O4. The highest BCUT2D eigenvalue weighted by atomic mass is 16.6. The third-order valence-electron chi connectivity index (χ3n) is 3.89. The molecule has 0 aromatic carbocycles. The van der Waals surface area contributed by atoms with Gasteiger partial charge in [-0.05, 0) is 35.6 Å². The lowest BCUT2D eigenvalue weighted by Crippen LogP contribution is -2.30. The second-order valence-corrected chi connectivity index (χ2v) is 5.18. The monoisotopic (exact) mass is 282 g/mol. The zero-order chi connectivity index (χ0) is 14.9. The van der Waals surface area contributed by atoms with E-state index in [0.29, 0.717) is 37.3 Å². The standard InChI is InChI=1S/C12H18N4O4/c1-7-13-11(16(19)20)10(15(7)2)14-9-5-3-8(4-6-9)12(17)18/h8-9,14H,3-6H2,1-2H3,(H,17,18). The average Bonchev–Trinajstić information content (AvgIpc) is 2.68. The van der Waals surface area contributed by atoms with Crippen LogP contribution in [0.5, 0.6) is 0 Å². The van der Waals surface area contributed by atoms with E-state index in [1.54, 1.807) is 18.5 Å².